The van der Waals surface area contributed by atoms with E-state index >= 15 is 0 Å². The number of anilines is 1. The van der Waals surface area contributed by atoms with Crippen LogP contribution in [0.2, 0.25) is 0 Å². The number of fused-ring (bicyclic) bond motifs is 1. The maximum atomic E-state index is 13.1. The lowest BCUT2D eigenvalue weighted by Gasteiger charge is -2.20. The summed E-state index contributed by atoms with van der Waals surface area (Å²) < 4.78 is 13.4. The third kappa shape index (κ3) is 4.74. The van der Waals surface area contributed by atoms with Gasteiger partial charge in [0.15, 0.2) is 0 Å². The van der Waals surface area contributed by atoms with Gasteiger partial charge in [-0.15, -0.1) is 0 Å². The number of imidazole rings is 1. The standard InChI is InChI=1S/C29H31N3O3/c1-20-9-10-21(2)27(17-20)32-19-22(18-28(32)33)29-30-25-7-4-5-8-26(25)31(29)15-6-16-35-24-13-11-23(34-3)12-14-24/h4-5,7-14,17,22H,6,15-16,18-19H2,1-3H3. The van der Waals surface area contributed by atoms with Crippen molar-refractivity contribution in [3.8, 4) is 11.5 Å². The van der Waals surface area contributed by atoms with Gasteiger partial charge in [-0.1, -0.05) is 24.3 Å². The van der Waals surface area contributed by atoms with Crippen LogP contribution >= 0.6 is 0 Å². The zero-order valence-corrected chi connectivity index (χ0v) is 20.5. The Morgan fingerprint density at radius 1 is 1.00 bits per heavy atom. The Balaban J connectivity index is 1.34. The summed E-state index contributed by atoms with van der Waals surface area (Å²) in [5.41, 5.74) is 5.36. The first-order valence-corrected chi connectivity index (χ1v) is 12.1. The molecule has 35 heavy (non-hydrogen) atoms. The molecule has 1 aromatic heterocycles. The zero-order chi connectivity index (χ0) is 24.4. The van der Waals surface area contributed by atoms with Gasteiger partial charge in [-0.3, -0.25) is 4.79 Å². The van der Waals surface area contributed by atoms with Gasteiger partial charge in [0.25, 0.3) is 0 Å². The Morgan fingerprint density at radius 2 is 1.77 bits per heavy atom. The molecular weight excluding hydrogens is 438 g/mol. The summed E-state index contributed by atoms with van der Waals surface area (Å²) in [6.45, 7) is 6.15. The van der Waals surface area contributed by atoms with Crippen molar-refractivity contribution in [3.63, 3.8) is 0 Å². The topological polar surface area (TPSA) is 56.6 Å². The van der Waals surface area contributed by atoms with Gasteiger partial charge in [0, 0.05) is 31.1 Å². The van der Waals surface area contributed by atoms with E-state index in [4.69, 9.17) is 14.5 Å². The molecule has 4 aromatic rings. The van der Waals surface area contributed by atoms with Gasteiger partial charge in [0.05, 0.1) is 24.8 Å². The summed E-state index contributed by atoms with van der Waals surface area (Å²) >= 11 is 0. The van der Waals surface area contributed by atoms with Gasteiger partial charge in [-0.05, 0) is 73.9 Å². The lowest BCUT2D eigenvalue weighted by atomic mass is 10.1. The molecule has 0 radical (unpaired) electrons. The van der Waals surface area contributed by atoms with E-state index in [9.17, 15) is 4.79 Å². The molecule has 6 nitrogen and oxygen atoms in total. The van der Waals surface area contributed by atoms with Crippen molar-refractivity contribution in [1.29, 1.82) is 0 Å². The summed E-state index contributed by atoms with van der Waals surface area (Å²) in [6, 6.07) is 22.1. The maximum absolute atomic E-state index is 13.1. The minimum absolute atomic E-state index is 0.0531. The summed E-state index contributed by atoms with van der Waals surface area (Å²) in [6.07, 6.45) is 1.31. The Morgan fingerprint density at radius 3 is 2.57 bits per heavy atom. The number of rotatable bonds is 8. The van der Waals surface area contributed by atoms with Crippen molar-refractivity contribution in [2.24, 2.45) is 0 Å². The number of carbonyl (C=O) groups is 1. The molecule has 1 aliphatic heterocycles. The number of nitrogens with zero attached hydrogens (tertiary/aromatic N) is 3. The van der Waals surface area contributed by atoms with E-state index in [2.05, 4.69) is 42.7 Å². The molecule has 0 aliphatic carbocycles. The normalized spacial score (nSPS) is 15.7. The van der Waals surface area contributed by atoms with Crippen molar-refractivity contribution < 1.29 is 14.3 Å². The Hall–Kier alpha value is -3.80. The third-order valence-electron chi connectivity index (χ3n) is 6.68. The van der Waals surface area contributed by atoms with Gasteiger partial charge in [0.2, 0.25) is 5.91 Å². The molecule has 1 atom stereocenters. The number of hydrogen-bond donors (Lipinski definition) is 0. The van der Waals surface area contributed by atoms with Crippen molar-refractivity contribution in [2.45, 2.75) is 39.2 Å². The van der Waals surface area contributed by atoms with Crippen LogP contribution in [0.25, 0.3) is 11.0 Å². The summed E-state index contributed by atoms with van der Waals surface area (Å²) in [5.74, 6) is 2.83. The number of aromatic nitrogens is 2. The Kier molecular flexibility index (Phi) is 6.45. The largest absolute Gasteiger partial charge is 0.497 e. The van der Waals surface area contributed by atoms with Crippen LogP contribution in [0.4, 0.5) is 5.69 Å². The lowest BCUT2D eigenvalue weighted by molar-refractivity contribution is -0.117. The second kappa shape index (κ2) is 9.82. The number of carbonyl (C=O) groups excluding carboxylic acids is 1. The SMILES string of the molecule is COc1ccc(OCCCn2c(C3CC(=O)N(c4cc(C)ccc4C)C3)nc3ccccc32)cc1. The van der Waals surface area contributed by atoms with E-state index in [1.165, 1.54) is 0 Å². The first-order chi connectivity index (χ1) is 17.0. The molecular formula is C29H31N3O3. The number of methoxy groups -OCH3 is 1. The fourth-order valence-corrected chi connectivity index (χ4v) is 4.85. The van der Waals surface area contributed by atoms with E-state index in [1.807, 2.05) is 47.4 Å². The smallest absolute Gasteiger partial charge is 0.227 e. The Labute approximate surface area is 206 Å². The highest BCUT2D eigenvalue weighted by Crippen LogP contribution is 2.35. The second-order valence-electron chi connectivity index (χ2n) is 9.18. The van der Waals surface area contributed by atoms with E-state index < -0.39 is 0 Å². The number of ether oxygens (including phenoxy) is 2. The van der Waals surface area contributed by atoms with Gasteiger partial charge in [-0.2, -0.15) is 0 Å². The molecule has 0 spiro atoms. The number of benzene rings is 3. The predicted octanol–water partition coefficient (Wildman–Crippen LogP) is 5.65. The highest BCUT2D eigenvalue weighted by atomic mass is 16.5. The van der Waals surface area contributed by atoms with Crippen LogP contribution in [0, 0.1) is 13.8 Å². The summed E-state index contributed by atoms with van der Waals surface area (Å²) in [5, 5.41) is 0. The number of para-hydroxylation sites is 2. The predicted molar refractivity (Wildman–Crippen MR) is 138 cm³/mol. The van der Waals surface area contributed by atoms with Crippen molar-refractivity contribution in [1.82, 2.24) is 9.55 Å². The van der Waals surface area contributed by atoms with E-state index in [0.717, 1.165) is 58.1 Å². The van der Waals surface area contributed by atoms with E-state index in [1.54, 1.807) is 7.11 Å². The fourth-order valence-electron chi connectivity index (χ4n) is 4.85. The van der Waals surface area contributed by atoms with Crippen LogP contribution in [0.15, 0.2) is 66.7 Å². The molecule has 1 unspecified atom stereocenters. The Bertz CT molecular complexity index is 1340. The minimum Gasteiger partial charge on any atom is -0.497 e. The average molecular weight is 470 g/mol. The molecule has 1 amide bonds. The molecule has 6 heteroatoms. The number of aryl methyl sites for hydroxylation is 3. The molecule has 1 aliphatic rings. The molecule has 1 fully saturated rings. The van der Waals surface area contributed by atoms with Gasteiger partial charge < -0.3 is 18.9 Å². The van der Waals surface area contributed by atoms with Crippen LogP contribution in [-0.2, 0) is 11.3 Å². The van der Waals surface area contributed by atoms with Crippen molar-refractivity contribution in [2.75, 3.05) is 25.2 Å². The molecule has 3 aromatic carbocycles. The van der Waals surface area contributed by atoms with Gasteiger partial charge in [-0.25, -0.2) is 4.98 Å². The molecule has 0 N–H and O–H groups in total. The molecule has 2 heterocycles. The molecule has 1 saturated heterocycles. The van der Waals surface area contributed by atoms with E-state index in [-0.39, 0.29) is 11.8 Å². The number of hydrogen-bond acceptors (Lipinski definition) is 4. The van der Waals surface area contributed by atoms with Crippen LogP contribution < -0.4 is 14.4 Å². The quantitative estimate of drug-likeness (QED) is 0.313. The zero-order valence-electron chi connectivity index (χ0n) is 20.5. The second-order valence-corrected chi connectivity index (χ2v) is 9.18. The first kappa shape index (κ1) is 23.0. The maximum Gasteiger partial charge on any atom is 0.227 e. The minimum atomic E-state index is 0.0531. The van der Waals surface area contributed by atoms with Crippen molar-refractivity contribution >= 4 is 22.6 Å². The van der Waals surface area contributed by atoms with Crippen LogP contribution in [0.3, 0.4) is 0 Å². The first-order valence-electron chi connectivity index (χ1n) is 12.1. The number of amides is 1. The van der Waals surface area contributed by atoms with Gasteiger partial charge in [0.1, 0.15) is 17.3 Å². The van der Waals surface area contributed by atoms with Crippen LogP contribution in [0.5, 0.6) is 11.5 Å². The molecule has 180 valence electrons. The van der Waals surface area contributed by atoms with Gasteiger partial charge >= 0.3 is 0 Å². The molecule has 5 rings (SSSR count). The lowest BCUT2D eigenvalue weighted by Crippen LogP contribution is -2.25. The van der Waals surface area contributed by atoms with Crippen LogP contribution in [0.1, 0.15) is 35.7 Å². The highest BCUT2D eigenvalue weighted by molar-refractivity contribution is 5.97. The molecule has 0 saturated carbocycles. The molecule has 0 bridgehead atoms. The summed E-state index contributed by atoms with van der Waals surface area (Å²) in [7, 11) is 1.65. The monoisotopic (exact) mass is 469 g/mol. The summed E-state index contributed by atoms with van der Waals surface area (Å²) in [4.78, 5) is 20.0. The van der Waals surface area contributed by atoms with E-state index in [0.29, 0.717) is 19.6 Å². The third-order valence-corrected chi connectivity index (χ3v) is 6.68. The fraction of sp³-hybridized carbons (Fsp3) is 0.310. The van der Waals surface area contributed by atoms with Crippen molar-refractivity contribution in [3.05, 3.63) is 83.7 Å². The average Bonchev–Trinajstić information content (AvgIpc) is 3.44. The van der Waals surface area contributed by atoms with Crippen LogP contribution in [-0.4, -0.2) is 35.7 Å². The highest BCUT2D eigenvalue weighted by Gasteiger charge is 2.35.